The standard InChI is InChI=1S/C18H24FNO/c1-14-6-5-7-15(2)20(14)13-16-9-10-18(19)17(12-16)8-3-4-11-21/h9-10,12,14-15,21H,4-7,11,13H2,1-2H3. The molecule has 2 atom stereocenters. The lowest BCUT2D eigenvalue weighted by Gasteiger charge is -2.39. The molecular formula is C18H24FNO. The molecule has 114 valence electrons. The van der Waals surface area contributed by atoms with E-state index in [0.29, 0.717) is 24.1 Å². The van der Waals surface area contributed by atoms with Crippen molar-refractivity contribution in [2.75, 3.05) is 6.61 Å². The monoisotopic (exact) mass is 289 g/mol. The predicted molar refractivity (Wildman–Crippen MR) is 83.3 cm³/mol. The summed E-state index contributed by atoms with van der Waals surface area (Å²) in [5, 5.41) is 8.74. The molecule has 2 nitrogen and oxygen atoms in total. The largest absolute Gasteiger partial charge is 0.395 e. The number of hydrogen-bond donors (Lipinski definition) is 1. The minimum Gasteiger partial charge on any atom is -0.395 e. The van der Waals surface area contributed by atoms with Gasteiger partial charge in [0.15, 0.2) is 0 Å². The van der Waals surface area contributed by atoms with E-state index in [9.17, 15) is 4.39 Å². The van der Waals surface area contributed by atoms with Crippen molar-refractivity contribution in [2.24, 2.45) is 0 Å². The van der Waals surface area contributed by atoms with Gasteiger partial charge in [0.1, 0.15) is 5.82 Å². The normalized spacial score (nSPS) is 22.7. The Hall–Kier alpha value is -1.37. The van der Waals surface area contributed by atoms with E-state index in [2.05, 4.69) is 30.6 Å². The smallest absolute Gasteiger partial charge is 0.138 e. The highest BCUT2D eigenvalue weighted by molar-refractivity contribution is 5.38. The van der Waals surface area contributed by atoms with E-state index in [4.69, 9.17) is 5.11 Å². The van der Waals surface area contributed by atoms with Crippen molar-refractivity contribution in [3.05, 3.63) is 35.1 Å². The molecule has 0 spiro atoms. The first-order chi connectivity index (χ1) is 10.1. The number of hydrogen-bond acceptors (Lipinski definition) is 2. The van der Waals surface area contributed by atoms with Crippen molar-refractivity contribution in [1.29, 1.82) is 0 Å². The fraction of sp³-hybridized carbons (Fsp3) is 0.556. The van der Waals surface area contributed by atoms with Gasteiger partial charge in [-0.3, -0.25) is 4.90 Å². The van der Waals surface area contributed by atoms with Gasteiger partial charge in [-0.1, -0.05) is 24.3 Å². The van der Waals surface area contributed by atoms with Crippen LogP contribution in [0.1, 0.15) is 50.7 Å². The summed E-state index contributed by atoms with van der Waals surface area (Å²) in [5.74, 6) is 5.31. The molecule has 0 saturated carbocycles. The molecule has 2 unspecified atom stereocenters. The molecule has 1 saturated heterocycles. The lowest BCUT2D eigenvalue weighted by atomic mass is 9.96. The molecule has 1 fully saturated rings. The van der Waals surface area contributed by atoms with Gasteiger partial charge in [-0.2, -0.15) is 0 Å². The molecule has 1 N–H and O–H groups in total. The topological polar surface area (TPSA) is 23.5 Å². The molecule has 0 aromatic heterocycles. The molecule has 1 aliphatic heterocycles. The maximum Gasteiger partial charge on any atom is 0.138 e. The number of nitrogens with zero attached hydrogens (tertiary/aromatic N) is 1. The summed E-state index contributed by atoms with van der Waals surface area (Å²) in [6.45, 7) is 5.39. The summed E-state index contributed by atoms with van der Waals surface area (Å²) in [6.07, 6.45) is 4.13. The SMILES string of the molecule is CC1CCCC(C)N1Cc1ccc(F)c(C#CCCO)c1. The Kier molecular flexibility index (Phi) is 5.78. The number of aliphatic hydroxyl groups excluding tert-OH is 1. The molecule has 3 heteroatoms. The van der Waals surface area contributed by atoms with Crippen LogP contribution >= 0.6 is 0 Å². The van der Waals surface area contributed by atoms with Crippen LogP contribution in [0.2, 0.25) is 0 Å². The minimum atomic E-state index is -0.288. The van der Waals surface area contributed by atoms with E-state index >= 15 is 0 Å². The minimum absolute atomic E-state index is 0.0110. The first-order valence-corrected chi connectivity index (χ1v) is 7.75. The van der Waals surface area contributed by atoms with E-state index in [1.807, 2.05) is 12.1 Å². The maximum atomic E-state index is 13.8. The van der Waals surface area contributed by atoms with E-state index in [-0.39, 0.29) is 12.4 Å². The molecular weight excluding hydrogens is 265 g/mol. The predicted octanol–water partition coefficient (Wildman–Crippen LogP) is 3.32. The van der Waals surface area contributed by atoms with Crippen LogP contribution in [0.4, 0.5) is 4.39 Å². The second kappa shape index (κ2) is 7.59. The number of piperidine rings is 1. The van der Waals surface area contributed by atoms with Crippen molar-refractivity contribution in [1.82, 2.24) is 4.90 Å². The number of aliphatic hydroxyl groups is 1. The Balaban J connectivity index is 2.13. The van der Waals surface area contributed by atoms with Gasteiger partial charge in [0.05, 0.1) is 12.2 Å². The van der Waals surface area contributed by atoms with Gasteiger partial charge < -0.3 is 5.11 Å². The van der Waals surface area contributed by atoms with Crippen LogP contribution in [-0.4, -0.2) is 28.7 Å². The van der Waals surface area contributed by atoms with Gasteiger partial charge in [-0.15, -0.1) is 0 Å². The first-order valence-electron chi connectivity index (χ1n) is 7.75. The van der Waals surface area contributed by atoms with Gasteiger partial charge in [-0.05, 0) is 44.4 Å². The third-order valence-corrected chi connectivity index (χ3v) is 4.23. The lowest BCUT2D eigenvalue weighted by molar-refractivity contribution is 0.0952. The van der Waals surface area contributed by atoms with Crippen LogP contribution in [0.5, 0.6) is 0 Å². The zero-order valence-electron chi connectivity index (χ0n) is 12.9. The molecule has 0 aliphatic carbocycles. The highest BCUT2D eigenvalue weighted by Crippen LogP contribution is 2.25. The Morgan fingerprint density at radius 1 is 1.29 bits per heavy atom. The van der Waals surface area contributed by atoms with Crippen LogP contribution in [0.3, 0.4) is 0 Å². The second-order valence-corrected chi connectivity index (χ2v) is 5.89. The molecule has 0 amide bonds. The quantitative estimate of drug-likeness (QED) is 0.863. The van der Waals surface area contributed by atoms with E-state index in [1.165, 1.54) is 25.3 Å². The van der Waals surface area contributed by atoms with Crippen molar-refractivity contribution in [3.8, 4) is 11.8 Å². The molecule has 1 aromatic rings. The van der Waals surface area contributed by atoms with Crippen molar-refractivity contribution < 1.29 is 9.50 Å². The third-order valence-electron chi connectivity index (χ3n) is 4.23. The molecule has 1 aliphatic rings. The third kappa shape index (κ3) is 4.30. The number of halogens is 1. The summed E-state index contributed by atoms with van der Waals surface area (Å²) in [5.41, 5.74) is 1.53. The van der Waals surface area contributed by atoms with Crippen molar-refractivity contribution in [2.45, 2.75) is 58.2 Å². The van der Waals surface area contributed by atoms with Crippen LogP contribution in [0.25, 0.3) is 0 Å². The number of rotatable bonds is 3. The highest BCUT2D eigenvalue weighted by Gasteiger charge is 2.24. The second-order valence-electron chi connectivity index (χ2n) is 5.89. The first kappa shape index (κ1) is 16.0. The summed E-state index contributed by atoms with van der Waals surface area (Å²) in [4.78, 5) is 2.49. The molecule has 2 rings (SSSR count). The fourth-order valence-electron chi connectivity index (χ4n) is 2.98. The van der Waals surface area contributed by atoms with Crippen LogP contribution < -0.4 is 0 Å². The fourth-order valence-corrected chi connectivity index (χ4v) is 2.98. The van der Waals surface area contributed by atoms with Gasteiger partial charge >= 0.3 is 0 Å². The summed E-state index contributed by atoms with van der Waals surface area (Å²) in [6, 6.07) is 6.33. The summed E-state index contributed by atoms with van der Waals surface area (Å²) in [7, 11) is 0. The lowest BCUT2D eigenvalue weighted by Crippen LogP contribution is -2.42. The Bertz CT molecular complexity index is 522. The van der Waals surface area contributed by atoms with Gasteiger partial charge in [0.2, 0.25) is 0 Å². The Morgan fingerprint density at radius 3 is 2.67 bits per heavy atom. The van der Waals surface area contributed by atoms with Gasteiger partial charge in [-0.25, -0.2) is 4.39 Å². The Labute approximate surface area is 127 Å². The molecule has 21 heavy (non-hydrogen) atoms. The summed E-state index contributed by atoms with van der Waals surface area (Å²) < 4.78 is 13.8. The van der Waals surface area contributed by atoms with Crippen molar-refractivity contribution >= 4 is 0 Å². The molecule has 1 aromatic carbocycles. The maximum absolute atomic E-state index is 13.8. The zero-order valence-corrected chi connectivity index (χ0v) is 12.9. The number of benzene rings is 1. The van der Waals surface area contributed by atoms with Crippen LogP contribution in [-0.2, 0) is 6.54 Å². The molecule has 0 radical (unpaired) electrons. The zero-order chi connectivity index (χ0) is 15.2. The molecule has 0 bridgehead atoms. The summed E-state index contributed by atoms with van der Waals surface area (Å²) >= 11 is 0. The van der Waals surface area contributed by atoms with Gasteiger partial charge in [0.25, 0.3) is 0 Å². The number of likely N-dealkylation sites (tertiary alicyclic amines) is 1. The van der Waals surface area contributed by atoms with E-state index in [1.54, 1.807) is 0 Å². The highest BCUT2D eigenvalue weighted by atomic mass is 19.1. The average Bonchev–Trinajstić information content (AvgIpc) is 2.46. The van der Waals surface area contributed by atoms with Crippen LogP contribution in [0.15, 0.2) is 18.2 Å². The Morgan fingerprint density at radius 2 is 2.00 bits per heavy atom. The average molecular weight is 289 g/mol. The van der Waals surface area contributed by atoms with Crippen molar-refractivity contribution in [3.63, 3.8) is 0 Å². The van der Waals surface area contributed by atoms with E-state index in [0.717, 1.165) is 12.1 Å². The van der Waals surface area contributed by atoms with Gasteiger partial charge in [0, 0.05) is 25.0 Å². The van der Waals surface area contributed by atoms with Crippen LogP contribution in [0, 0.1) is 17.7 Å². The molecule has 1 heterocycles. The van der Waals surface area contributed by atoms with E-state index < -0.39 is 0 Å².